The van der Waals surface area contributed by atoms with Crippen LogP contribution in [-0.4, -0.2) is 61.8 Å². The number of carbonyl (C=O) groups is 1. The van der Waals surface area contributed by atoms with E-state index in [9.17, 15) is 13.2 Å². The van der Waals surface area contributed by atoms with Crippen molar-refractivity contribution in [1.29, 1.82) is 0 Å². The minimum Gasteiger partial charge on any atom is -0.354 e. The predicted octanol–water partition coefficient (Wildman–Crippen LogP) is 3.87. The minimum atomic E-state index is -3.56. The van der Waals surface area contributed by atoms with E-state index in [0.717, 1.165) is 23.9 Å². The molecule has 2 aromatic rings. The summed E-state index contributed by atoms with van der Waals surface area (Å²) in [4.78, 5) is 15.7. The van der Waals surface area contributed by atoms with E-state index < -0.39 is 10.0 Å². The van der Waals surface area contributed by atoms with Crippen molar-refractivity contribution in [3.05, 3.63) is 42.5 Å². The van der Waals surface area contributed by atoms with Crippen LogP contribution in [0.3, 0.4) is 0 Å². The highest BCUT2D eigenvalue weighted by Crippen LogP contribution is 2.27. The Balaban J connectivity index is 1.32. The van der Waals surface area contributed by atoms with Crippen molar-refractivity contribution >= 4 is 26.7 Å². The summed E-state index contributed by atoms with van der Waals surface area (Å²) in [5.41, 5.74) is -0.0789. The van der Waals surface area contributed by atoms with Gasteiger partial charge < -0.3 is 5.32 Å². The van der Waals surface area contributed by atoms with Gasteiger partial charge in [-0.3, -0.25) is 9.69 Å². The average Bonchev–Trinajstić information content (AvgIpc) is 2.82. The molecule has 2 aliphatic rings. The molecule has 1 amide bonds. The normalized spacial score (nSPS) is 21.8. The van der Waals surface area contributed by atoms with Crippen LogP contribution in [0.4, 0.5) is 0 Å². The summed E-state index contributed by atoms with van der Waals surface area (Å²) in [5.74, 6) is 0.614. The number of hydrogen-bond donors (Lipinski definition) is 1. The van der Waals surface area contributed by atoms with Gasteiger partial charge in [0.25, 0.3) is 0 Å². The van der Waals surface area contributed by atoms with Gasteiger partial charge >= 0.3 is 0 Å². The maximum Gasteiger partial charge on any atom is 0.243 e. The molecule has 0 spiro atoms. The topological polar surface area (TPSA) is 69.7 Å². The molecule has 0 aliphatic carbocycles. The third kappa shape index (κ3) is 5.42. The minimum absolute atomic E-state index is 0.0517. The molecule has 6 nitrogen and oxygen atoms in total. The summed E-state index contributed by atoms with van der Waals surface area (Å²) in [7, 11) is -3.56. The number of nitrogens with zero attached hydrogens (tertiary/aromatic N) is 2. The lowest BCUT2D eigenvalue weighted by Gasteiger charge is -2.43. The molecule has 1 unspecified atom stereocenters. The SMILES string of the molecule is CC1CCCN(C(C)(C)CNC(=O)C2CCN(S(=O)(=O)c3ccc4ccccc4c3)CC2)C1. The van der Waals surface area contributed by atoms with E-state index in [1.807, 2.05) is 30.3 Å². The Morgan fingerprint density at radius 1 is 1.03 bits per heavy atom. The van der Waals surface area contributed by atoms with Crippen LogP contribution in [0.25, 0.3) is 10.8 Å². The summed E-state index contributed by atoms with van der Waals surface area (Å²) in [6.07, 6.45) is 3.60. The van der Waals surface area contributed by atoms with Crippen molar-refractivity contribution in [2.45, 2.75) is 56.9 Å². The van der Waals surface area contributed by atoms with Gasteiger partial charge in [-0.2, -0.15) is 4.31 Å². The molecule has 2 heterocycles. The highest BCUT2D eigenvalue weighted by Gasteiger charge is 2.34. The molecule has 2 aliphatic heterocycles. The van der Waals surface area contributed by atoms with Gasteiger partial charge in [-0.05, 0) is 74.9 Å². The third-order valence-electron chi connectivity index (χ3n) is 7.39. The second-order valence-corrected chi connectivity index (χ2v) is 12.3. The van der Waals surface area contributed by atoms with Gasteiger partial charge in [-0.15, -0.1) is 0 Å². The molecule has 1 N–H and O–H groups in total. The van der Waals surface area contributed by atoms with E-state index in [0.29, 0.717) is 43.3 Å². The molecule has 0 bridgehead atoms. The largest absolute Gasteiger partial charge is 0.354 e. The van der Waals surface area contributed by atoms with Crippen LogP contribution in [0.5, 0.6) is 0 Å². The fourth-order valence-electron chi connectivity index (χ4n) is 5.13. The molecule has 0 radical (unpaired) electrons. The van der Waals surface area contributed by atoms with Crippen LogP contribution in [0, 0.1) is 11.8 Å². The molecule has 0 aromatic heterocycles. The first kappa shape index (κ1) is 24.2. The van der Waals surface area contributed by atoms with Crippen LogP contribution >= 0.6 is 0 Å². The molecule has 0 saturated carbocycles. The van der Waals surface area contributed by atoms with E-state index in [4.69, 9.17) is 0 Å². The summed E-state index contributed by atoms with van der Waals surface area (Å²) < 4.78 is 27.9. The lowest BCUT2D eigenvalue weighted by atomic mass is 9.93. The number of carbonyl (C=O) groups excluding carboxylic acids is 1. The summed E-state index contributed by atoms with van der Waals surface area (Å²) in [6, 6.07) is 13.0. The molecule has 2 fully saturated rings. The lowest BCUT2D eigenvalue weighted by Crippen LogP contribution is -2.55. The number of nitrogens with one attached hydrogen (secondary N) is 1. The number of likely N-dealkylation sites (tertiary alicyclic amines) is 1. The molecule has 1 atom stereocenters. The second-order valence-electron chi connectivity index (χ2n) is 10.4. The lowest BCUT2D eigenvalue weighted by molar-refractivity contribution is -0.126. The molecule has 180 valence electrons. The quantitative estimate of drug-likeness (QED) is 0.694. The Labute approximate surface area is 198 Å². The van der Waals surface area contributed by atoms with Gasteiger partial charge in [0.15, 0.2) is 0 Å². The number of amides is 1. The predicted molar refractivity (Wildman–Crippen MR) is 132 cm³/mol. The fourth-order valence-corrected chi connectivity index (χ4v) is 6.64. The summed E-state index contributed by atoms with van der Waals surface area (Å²) >= 11 is 0. The zero-order valence-electron chi connectivity index (χ0n) is 20.1. The van der Waals surface area contributed by atoms with E-state index in [-0.39, 0.29) is 17.4 Å². The molecule has 7 heteroatoms. The van der Waals surface area contributed by atoms with Crippen molar-refractivity contribution in [2.24, 2.45) is 11.8 Å². The maximum absolute atomic E-state index is 13.2. The molecule has 2 aromatic carbocycles. The summed E-state index contributed by atoms with van der Waals surface area (Å²) in [5, 5.41) is 5.10. The second kappa shape index (κ2) is 9.72. The van der Waals surface area contributed by atoms with Crippen molar-refractivity contribution in [2.75, 3.05) is 32.7 Å². The highest BCUT2D eigenvalue weighted by atomic mass is 32.2. The van der Waals surface area contributed by atoms with Crippen molar-refractivity contribution in [3.8, 4) is 0 Å². The first-order valence-electron chi connectivity index (χ1n) is 12.2. The van der Waals surface area contributed by atoms with Gasteiger partial charge in [0.2, 0.25) is 15.9 Å². The van der Waals surface area contributed by atoms with E-state index in [1.54, 1.807) is 12.1 Å². The van der Waals surface area contributed by atoms with Crippen molar-refractivity contribution in [3.63, 3.8) is 0 Å². The monoisotopic (exact) mass is 471 g/mol. The van der Waals surface area contributed by atoms with Gasteiger partial charge in [-0.1, -0.05) is 37.3 Å². The number of fused-ring (bicyclic) bond motifs is 1. The Hall–Kier alpha value is -1.96. The number of rotatable bonds is 6. The highest BCUT2D eigenvalue weighted by molar-refractivity contribution is 7.89. The Morgan fingerprint density at radius 3 is 2.42 bits per heavy atom. The molecular weight excluding hydrogens is 434 g/mol. The van der Waals surface area contributed by atoms with Crippen LogP contribution in [0.1, 0.15) is 46.5 Å². The van der Waals surface area contributed by atoms with Crippen molar-refractivity contribution in [1.82, 2.24) is 14.5 Å². The van der Waals surface area contributed by atoms with Gasteiger partial charge in [-0.25, -0.2) is 8.42 Å². The van der Waals surface area contributed by atoms with Crippen LogP contribution in [-0.2, 0) is 14.8 Å². The van der Waals surface area contributed by atoms with Gasteiger partial charge in [0.1, 0.15) is 0 Å². The number of benzene rings is 2. The first-order chi connectivity index (χ1) is 15.7. The van der Waals surface area contributed by atoms with E-state index >= 15 is 0 Å². The van der Waals surface area contributed by atoms with Gasteiger partial charge in [0, 0.05) is 37.6 Å². The smallest absolute Gasteiger partial charge is 0.243 e. The molecule has 2 saturated heterocycles. The zero-order chi connectivity index (χ0) is 23.6. The van der Waals surface area contributed by atoms with Crippen LogP contribution in [0.2, 0.25) is 0 Å². The molecule has 33 heavy (non-hydrogen) atoms. The number of piperidine rings is 2. The Kier molecular flexibility index (Phi) is 7.12. The Morgan fingerprint density at radius 2 is 1.73 bits per heavy atom. The van der Waals surface area contributed by atoms with Crippen molar-refractivity contribution < 1.29 is 13.2 Å². The first-order valence-corrected chi connectivity index (χ1v) is 13.6. The standard InChI is InChI=1S/C26H37N3O3S/c1-20-7-6-14-28(18-20)26(2,3)19-27-25(30)22-12-15-29(16-13-22)33(31,32)24-11-10-21-8-4-5-9-23(21)17-24/h4-5,8-11,17,20,22H,6-7,12-16,18-19H2,1-3H3,(H,27,30). The maximum atomic E-state index is 13.2. The molecular formula is C26H37N3O3S. The van der Waals surface area contributed by atoms with E-state index in [1.165, 1.54) is 17.1 Å². The van der Waals surface area contributed by atoms with E-state index in [2.05, 4.69) is 31.0 Å². The summed E-state index contributed by atoms with van der Waals surface area (Å²) in [6.45, 7) is 10.2. The van der Waals surface area contributed by atoms with Crippen LogP contribution in [0.15, 0.2) is 47.4 Å². The third-order valence-corrected chi connectivity index (χ3v) is 9.29. The zero-order valence-corrected chi connectivity index (χ0v) is 20.9. The Bertz CT molecular complexity index is 1090. The number of sulfonamides is 1. The fraction of sp³-hybridized carbons (Fsp3) is 0.577. The number of hydrogen-bond acceptors (Lipinski definition) is 4. The van der Waals surface area contributed by atoms with Crippen LogP contribution < -0.4 is 5.32 Å². The van der Waals surface area contributed by atoms with Gasteiger partial charge in [0.05, 0.1) is 4.90 Å². The average molecular weight is 472 g/mol. The molecule has 4 rings (SSSR count).